The Morgan fingerprint density at radius 1 is 1.25 bits per heavy atom. The van der Waals surface area contributed by atoms with Crippen molar-refractivity contribution >= 4 is 10.0 Å². The van der Waals surface area contributed by atoms with Crippen molar-refractivity contribution in [2.75, 3.05) is 18.9 Å². The highest BCUT2D eigenvalue weighted by Gasteiger charge is 2.42. The summed E-state index contributed by atoms with van der Waals surface area (Å²) in [5, 5.41) is 2.34. The highest BCUT2D eigenvalue weighted by Crippen LogP contribution is 2.26. The summed E-state index contributed by atoms with van der Waals surface area (Å²) in [7, 11) is -3.51. The lowest BCUT2D eigenvalue weighted by Gasteiger charge is -2.31. The Labute approximate surface area is 116 Å². The maximum absolute atomic E-state index is 12.5. The molecule has 0 spiro atoms. The van der Waals surface area contributed by atoms with Crippen LogP contribution in [-0.2, 0) is 14.8 Å². The van der Waals surface area contributed by atoms with Crippen molar-refractivity contribution in [1.29, 1.82) is 0 Å². The molecule has 2 rings (SSSR count). The van der Waals surface area contributed by atoms with Gasteiger partial charge in [0.05, 0.1) is 11.9 Å². The van der Waals surface area contributed by atoms with Gasteiger partial charge in [0, 0.05) is 19.2 Å². The largest absolute Gasteiger partial charge is 0.403 e. The molecule has 2 saturated heterocycles. The van der Waals surface area contributed by atoms with Crippen LogP contribution in [0, 0.1) is 0 Å². The van der Waals surface area contributed by atoms with Crippen molar-refractivity contribution < 1.29 is 26.3 Å². The van der Waals surface area contributed by atoms with Gasteiger partial charge in [-0.05, 0) is 25.7 Å². The summed E-state index contributed by atoms with van der Waals surface area (Å²) in [5.41, 5.74) is 0. The maximum Gasteiger partial charge on any atom is 0.403 e. The molecule has 0 amide bonds. The monoisotopic (exact) mass is 316 g/mol. The molecule has 2 heterocycles. The lowest BCUT2D eigenvalue weighted by Crippen LogP contribution is -2.54. The van der Waals surface area contributed by atoms with E-state index in [1.807, 2.05) is 0 Å². The predicted octanol–water partition coefficient (Wildman–Crippen LogP) is 0.768. The van der Waals surface area contributed by atoms with Gasteiger partial charge in [0.2, 0.25) is 10.0 Å². The van der Waals surface area contributed by atoms with Gasteiger partial charge in [-0.15, -0.1) is 0 Å². The molecular formula is C11H19F3N2O3S. The van der Waals surface area contributed by atoms with E-state index < -0.39 is 28.3 Å². The smallest absolute Gasteiger partial charge is 0.377 e. The Hall–Kier alpha value is -0.380. The van der Waals surface area contributed by atoms with E-state index in [0.717, 1.165) is 6.42 Å². The second-order valence-electron chi connectivity index (χ2n) is 5.31. The van der Waals surface area contributed by atoms with Crippen LogP contribution in [0.5, 0.6) is 0 Å². The summed E-state index contributed by atoms with van der Waals surface area (Å²) >= 11 is 0. The Morgan fingerprint density at radius 3 is 2.50 bits per heavy atom. The number of halogens is 3. The van der Waals surface area contributed by atoms with Crippen LogP contribution in [0.3, 0.4) is 0 Å². The van der Waals surface area contributed by atoms with E-state index in [0.29, 0.717) is 13.0 Å². The van der Waals surface area contributed by atoms with Crippen LogP contribution in [0.15, 0.2) is 0 Å². The molecule has 2 N–H and O–H groups in total. The summed E-state index contributed by atoms with van der Waals surface area (Å²) < 4.78 is 68.9. The molecule has 0 aromatic rings. The molecule has 2 aliphatic rings. The average Bonchev–Trinajstić information content (AvgIpc) is 2.79. The number of hydrogen-bond acceptors (Lipinski definition) is 4. The SMILES string of the molecule is O=S(=O)(CC1CCCO1)NC1CCC(C(F)(F)F)NC1. The highest BCUT2D eigenvalue weighted by molar-refractivity contribution is 7.89. The number of alkyl halides is 3. The molecule has 0 radical (unpaired) electrons. The lowest BCUT2D eigenvalue weighted by atomic mass is 10.0. The van der Waals surface area contributed by atoms with Gasteiger partial charge in [-0.2, -0.15) is 13.2 Å². The summed E-state index contributed by atoms with van der Waals surface area (Å²) in [6.07, 6.45) is -2.95. The normalized spacial score (nSPS) is 32.5. The number of nitrogens with one attached hydrogen (secondary N) is 2. The van der Waals surface area contributed by atoms with Gasteiger partial charge in [0.1, 0.15) is 6.04 Å². The van der Waals surface area contributed by atoms with Crippen LogP contribution < -0.4 is 10.0 Å². The van der Waals surface area contributed by atoms with E-state index in [4.69, 9.17) is 4.74 Å². The quantitative estimate of drug-likeness (QED) is 0.804. The third kappa shape index (κ3) is 4.57. The summed E-state index contributed by atoms with van der Waals surface area (Å²) in [6, 6.07) is -2.03. The molecule has 118 valence electrons. The molecule has 0 bridgehead atoms. The molecule has 0 saturated carbocycles. The van der Waals surface area contributed by atoms with Crippen molar-refractivity contribution in [3.05, 3.63) is 0 Å². The summed E-state index contributed by atoms with van der Waals surface area (Å²) in [5.74, 6) is -0.119. The molecule has 0 aromatic heterocycles. The first-order valence-corrected chi connectivity index (χ1v) is 8.33. The number of ether oxygens (including phenoxy) is 1. The number of hydrogen-bond donors (Lipinski definition) is 2. The Kier molecular flexibility index (Phi) is 4.93. The minimum atomic E-state index is -4.28. The zero-order valence-corrected chi connectivity index (χ0v) is 11.8. The summed E-state index contributed by atoms with van der Waals surface area (Å²) in [4.78, 5) is 0. The Balaban J connectivity index is 1.79. The van der Waals surface area contributed by atoms with Gasteiger partial charge < -0.3 is 10.1 Å². The molecular weight excluding hydrogens is 297 g/mol. The van der Waals surface area contributed by atoms with Crippen molar-refractivity contribution in [2.24, 2.45) is 0 Å². The van der Waals surface area contributed by atoms with Crippen LogP contribution in [0.1, 0.15) is 25.7 Å². The van der Waals surface area contributed by atoms with E-state index >= 15 is 0 Å². The van der Waals surface area contributed by atoms with Crippen molar-refractivity contribution in [3.8, 4) is 0 Å². The van der Waals surface area contributed by atoms with Crippen molar-refractivity contribution in [3.63, 3.8) is 0 Å². The molecule has 3 unspecified atom stereocenters. The molecule has 3 atom stereocenters. The minimum absolute atomic E-state index is 0.00503. The molecule has 0 aliphatic carbocycles. The van der Waals surface area contributed by atoms with Crippen LogP contribution in [0.4, 0.5) is 13.2 Å². The molecule has 5 nitrogen and oxygen atoms in total. The number of piperidine rings is 1. The van der Waals surface area contributed by atoms with E-state index in [9.17, 15) is 21.6 Å². The lowest BCUT2D eigenvalue weighted by molar-refractivity contribution is -0.160. The fourth-order valence-corrected chi connectivity index (χ4v) is 4.12. The van der Waals surface area contributed by atoms with Crippen LogP contribution in [-0.4, -0.2) is 51.7 Å². The molecule has 2 fully saturated rings. The molecule has 9 heteroatoms. The Bertz CT molecular complexity index is 413. The minimum Gasteiger partial charge on any atom is -0.377 e. The van der Waals surface area contributed by atoms with Gasteiger partial charge in [-0.25, -0.2) is 13.1 Å². The van der Waals surface area contributed by atoms with Crippen LogP contribution in [0.25, 0.3) is 0 Å². The second-order valence-corrected chi connectivity index (χ2v) is 7.11. The number of rotatable bonds is 4. The van der Waals surface area contributed by atoms with Gasteiger partial charge in [0.15, 0.2) is 0 Å². The van der Waals surface area contributed by atoms with Gasteiger partial charge >= 0.3 is 6.18 Å². The van der Waals surface area contributed by atoms with E-state index in [2.05, 4.69) is 10.0 Å². The standard InChI is InChI=1S/C11H19F3N2O3S/c12-11(13,14)10-4-3-8(6-15-10)16-20(17,18)7-9-2-1-5-19-9/h8-10,15-16H,1-7H2. The van der Waals surface area contributed by atoms with E-state index in [1.54, 1.807) is 0 Å². The fraction of sp³-hybridized carbons (Fsp3) is 1.00. The average molecular weight is 316 g/mol. The second kappa shape index (κ2) is 6.17. The van der Waals surface area contributed by atoms with Crippen molar-refractivity contribution in [1.82, 2.24) is 10.0 Å². The van der Waals surface area contributed by atoms with E-state index in [1.165, 1.54) is 0 Å². The first kappa shape index (κ1) is 16.0. The molecule has 2 aliphatic heterocycles. The first-order chi connectivity index (χ1) is 9.26. The zero-order valence-electron chi connectivity index (χ0n) is 10.9. The van der Waals surface area contributed by atoms with Crippen LogP contribution in [0.2, 0.25) is 0 Å². The zero-order chi connectivity index (χ0) is 14.8. The predicted molar refractivity (Wildman–Crippen MR) is 66.8 cm³/mol. The van der Waals surface area contributed by atoms with E-state index in [-0.39, 0.29) is 31.2 Å². The summed E-state index contributed by atoms with van der Waals surface area (Å²) in [6.45, 7) is 0.563. The highest BCUT2D eigenvalue weighted by atomic mass is 32.2. The molecule has 20 heavy (non-hydrogen) atoms. The third-order valence-corrected chi connectivity index (χ3v) is 5.09. The topological polar surface area (TPSA) is 67.4 Å². The van der Waals surface area contributed by atoms with Crippen molar-refractivity contribution in [2.45, 2.75) is 50.0 Å². The Morgan fingerprint density at radius 2 is 2.00 bits per heavy atom. The maximum atomic E-state index is 12.5. The first-order valence-electron chi connectivity index (χ1n) is 6.68. The van der Waals surface area contributed by atoms with Gasteiger partial charge in [-0.1, -0.05) is 0 Å². The van der Waals surface area contributed by atoms with Gasteiger partial charge in [-0.3, -0.25) is 0 Å². The van der Waals surface area contributed by atoms with Gasteiger partial charge in [0.25, 0.3) is 0 Å². The third-order valence-electron chi connectivity index (χ3n) is 3.59. The van der Waals surface area contributed by atoms with Crippen LogP contribution >= 0.6 is 0 Å². The number of sulfonamides is 1. The molecule has 0 aromatic carbocycles. The fourth-order valence-electron chi connectivity index (χ4n) is 2.56.